The SMILES string of the molecule is CC(C)C(=O)NNC(=O)OCCSSC[C@H](CC(=O)[C@H](CC(=O)O)NC(=O)[C@H](CCCN=C(N)N)CC(=O)[C@H](C)NC(=O)CC[C@H](NC(=O)c1ccc(NCc2cnc3nc(N)[nH]c(=O)c3n2)cc1)C(=O)O)C(=O)O.CCCC(=O)OCN(C(=O)[C@@H](CC(=O)[C@H]1CCCCN1C)C(C)CC)[C@H](C[C@@H](OC(C)=O)c1nc(C(=O)N[C@H](CC)Cc2ccc(O)cc2)cs1)C(C)C.O=C=O. The number of H-pyrrole nitrogens is 1. The number of aromatic amines is 1. The van der Waals surface area contributed by atoms with E-state index in [-0.39, 0.29) is 164 Å². The van der Waals surface area contributed by atoms with E-state index in [0.717, 1.165) is 53.0 Å². The summed E-state index contributed by atoms with van der Waals surface area (Å²) in [5, 5.41) is 54.2. The number of piperidine rings is 1. The van der Waals surface area contributed by atoms with Gasteiger partial charge in [-0.25, -0.2) is 30.0 Å². The molecule has 7 amide bonds. The number of fused-ring (bicyclic) bond motifs is 1. The Kier molecular flexibility index (Phi) is 49.3. The number of aromatic hydroxyl groups is 1. The van der Waals surface area contributed by atoms with Crippen LogP contribution in [-0.2, 0) is 94.3 Å². The van der Waals surface area contributed by atoms with Gasteiger partial charge in [0.25, 0.3) is 17.4 Å². The molecule has 0 saturated carbocycles. The number of hydrogen-bond acceptors (Lipinski definition) is 33. The Labute approximate surface area is 774 Å². The third-order valence-corrected chi connectivity index (χ3v) is 24.4. The van der Waals surface area contributed by atoms with Crippen LogP contribution in [0.15, 0.2) is 69.9 Å². The van der Waals surface area contributed by atoms with Crippen molar-refractivity contribution in [2.24, 2.45) is 52.0 Å². The van der Waals surface area contributed by atoms with Crippen LogP contribution in [0.1, 0.15) is 215 Å². The van der Waals surface area contributed by atoms with Gasteiger partial charge in [0.1, 0.15) is 29.1 Å². The Morgan fingerprint density at radius 1 is 0.758 bits per heavy atom. The second-order valence-corrected chi connectivity index (χ2v) is 35.4. The van der Waals surface area contributed by atoms with Crippen molar-refractivity contribution in [3.05, 3.63) is 98.0 Å². The molecule has 0 aliphatic carbocycles. The molecule has 4 heterocycles. The number of carboxylic acid groups (broad SMARTS) is 3. The first kappa shape index (κ1) is 112. The fourth-order valence-electron chi connectivity index (χ4n) is 13.4. The molecular weight excluding hydrogens is 1780 g/mol. The van der Waals surface area contributed by atoms with Crippen LogP contribution >= 0.6 is 32.9 Å². The van der Waals surface area contributed by atoms with Crippen LogP contribution in [0, 0.1) is 35.5 Å². The van der Waals surface area contributed by atoms with E-state index in [4.69, 9.17) is 41.0 Å². The monoisotopic (exact) mass is 1900 g/mol. The Balaban J connectivity index is 0.000000563. The number of nitrogens with one attached hydrogen (secondary N) is 8. The molecule has 1 saturated heterocycles. The first-order valence-corrected chi connectivity index (χ1v) is 46.3. The van der Waals surface area contributed by atoms with Crippen LogP contribution in [0.5, 0.6) is 5.75 Å². The number of amides is 7. The number of anilines is 2. The Bertz CT molecular complexity index is 4840. The van der Waals surface area contributed by atoms with Crippen molar-refractivity contribution in [3.8, 4) is 5.75 Å². The van der Waals surface area contributed by atoms with E-state index in [1.165, 1.54) is 43.5 Å². The van der Waals surface area contributed by atoms with Gasteiger partial charge in [0.2, 0.25) is 29.6 Å². The summed E-state index contributed by atoms with van der Waals surface area (Å²) in [6.45, 7) is 18.1. The molecule has 1 aliphatic heterocycles. The average Bonchev–Trinajstić information content (AvgIpc) is 1.10. The molecule has 0 bridgehead atoms. The summed E-state index contributed by atoms with van der Waals surface area (Å²) < 4.78 is 16.4. The molecule has 6 rings (SSSR count). The molecule has 11 atom stereocenters. The van der Waals surface area contributed by atoms with Crippen molar-refractivity contribution in [2.45, 2.75) is 227 Å². The zero-order chi connectivity index (χ0) is 98.4. The summed E-state index contributed by atoms with van der Waals surface area (Å²) in [7, 11) is 4.10. The zero-order valence-electron chi connectivity index (χ0n) is 75.7. The second-order valence-electron chi connectivity index (χ2n) is 31.9. The lowest BCUT2D eigenvalue weighted by Crippen LogP contribution is -2.50. The molecule has 0 spiro atoms. The fraction of sp³-hybridized carbons (Fsp3) is 0.558. The molecule has 5 aromatic rings. The predicted molar refractivity (Wildman–Crippen MR) is 486 cm³/mol. The number of nitrogen functional groups attached to an aromatic ring is 1. The quantitative estimate of drug-likeness (QED) is 0.00325. The highest BCUT2D eigenvalue weighted by atomic mass is 33.1. The van der Waals surface area contributed by atoms with E-state index in [9.17, 15) is 97.1 Å². The molecule has 2 aromatic carbocycles. The number of aromatic nitrogens is 5. The number of hydrazine groups is 1. The Hall–Kier alpha value is -12.6. The van der Waals surface area contributed by atoms with E-state index in [1.54, 1.807) is 48.4 Å². The summed E-state index contributed by atoms with van der Waals surface area (Å²) >= 11 is 1.19. The molecule has 1 fully saturated rings. The van der Waals surface area contributed by atoms with E-state index in [2.05, 4.69) is 72.2 Å². The standard InChI is InChI=1S/C44H60N14O15S2.C41H62N4O8S.CO2/c1-21(2)36(64)57-58-44(72)73-13-14-74-75-20-25(40(68)69)16-31(60)29(17-33(62)63)54-38(66)24(5-4-12-48-42(45)46)15-30(59)22(3)51-32(61)11-10-28(41(70)71)53-37(65)23-6-8-26(9-7-23)49-18-27-19-50-35-34(52-27)39(67)56-43(47)55-35;1-9-14-38(49)52-25-45(41(51)32(27(6)10-2)22-36(48)34-15-12-13-20-44(34)8)35(26(4)5)23-37(53-28(7)46)40-43-33(24-54-40)39(50)42-30(11-3)21-29-16-18-31(47)19-17-29;2-1-3/h6-9,19,21-22,24-25,28-29,49H,4-5,10-18,20H2,1-3H3,(H,51,61)(H,53,65)(H,54,66)(H,57,64)(H,58,72)(H,62,63)(H,68,69)(H,70,71)(H4,45,46,48)(H3,47,50,55,56,67);16-19,24,26-27,30,32,34-35,37,47H,9-15,20-23,25H2,1-8H3,(H,42,50);/t22-,24+,25-,28-,29-;27?,30-,32+,34-,35-,37-;/m01./s1. The number of nitrogens with zero attached hydrogens (tertiary/aromatic N) is 7. The van der Waals surface area contributed by atoms with Crippen LogP contribution < -0.4 is 60.2 Å². The van der Waals surface area contributed by atoms with Gasteiger partial charge in [0, 0.05) is 110 Å². The van der Waals surface area contributed by atoms with E-state index >= 15 is 0 Å². The number of phenols is 1. The normalized spacial score (nSPS) is 14.6. The minimum Gasteiger partial charge on any atom is -0.508 e. The number of phenolic OH excluding ortho intramolecular Hbond substituents is 1. The topological polar surface area (TPSA) is 664 Å². The number of aliphatic carboxylic acids is 3. The summed E-state index contributed by atoms with van der Waals surface area (Å²) in [5.41, 5.74) is 22.3. The average molecular weight is 1900 g/mol. The van der Waals surface area contributed by atoms with Gasteiger partial charge in [-0.3, -0.25) is 87.4 Å². The maximum Gasteiger partial charge on any atom is 0.426 e. The maximum atomic E-state index is 14.8. The van der Waals surface area contributed by atoms with Crippen molar-refractivity contribution >= 4 is 157 Å². The lowest BCUT2D eigenvalue weighted by Gasteiger charge is -2.39. The third-order valence-electron chi connectivity index (χ3n) is 21.0. The first-order valence-electron chi connectivity index (χ1n) is 42.9. The zero-order valence-corrected chi connectivity index (χ0v) is 78.1. The number of likely N-dealkylation sites (tertiary alicyclic amines) is 1. The highest BCUT2D eigenvalue weighted by molar-refractivity contribution is 8.76. The number of ketones is 3. The molecular formula is C86H122N18O25S3. The molecule has 1 aliphatic rings. The van der Waals surface area contributed by atoms with Crippen LogP contribution in [0.4, 0.5) is 16.4 Å². The number of benzene rings is 2. The number of guanidine groups is 1. The number of rotatable bonds is 53. The summed E-state index contributed by atoms with van der Waals surface area (Å²) in [6.07, 6.45) is 2.57. The van der Waals surface area contributed by atoms with Gasteiger partial charge in [-0.2, -0.15) is 14.6 Å². The molecule has 724 valence electrons. The maximum absolute atomic E-state index is 14.8. The number of ether oxygens (including phenoxy) is 3. The van der Waals surface area contributed by atoms with E-state index in [0.29, 0.717) is 42.1 Å². The second kappa shape index (κ2) is 58.3. The number of Topliss-reactive ketones (excluding diaryl/α,β-unsaturated/α-hetero) is 3. The third kappa shape index (κ3) is 40.0. The molecule has 18 N–H and O–H groups in total. The van der Waals surface area contributed by atoms with Crippen LogP contribution in [0.3, 0.4) is 0 Å². The first-order chi connectivity index (χ1) is 62.5. The minimum atomic E-state index is -1.71. The molecule has 46 heteroatoms. The van der Waals surface area contributed by atoms with Crippen molar-refractivity contribution in [1.82, 2.24) is 66.8 Å². The molecule has 0 radical (unpaired) electrons. The number of carboxylic acids is 3. The van der Waals surface area contributed by atoms with Crippen LogP contribution in [0.25, 0.3) is 11.2 Å². The number of hydrogen-bond donors (Lipinski definition) is 15. The lowest BCUT2D eigenvalue weighted by atomic mass is 9.82. The van der Waals surface area contributed by atoms with Gasteiger partial charge in [-0.1, -0.05) is 102 Å². The molecule has 3 aromatic heterocycles. The van der Waals surface area contributed by atoms with Gasteiger partial charge in [0.15, 0.2) is 47.3 Å². The predicted octanol–water partition coefficient (Wildman–Crippen LogP) is 5.69. The number of carbonyl (C=O) groups is 15. The Morgan fingerprint density at radius 2 is 1.44 bits per heavy atom. The largest absolute Gasteiger partial charge is 0.508 e. The molecule has 1 unspecified atom stereocenters. The number of aliphatic imine (C=N–C) groups is 1. The van der Waals surface area contributed by atoms with E-state index < -0.39 is 157 Å². The minimum absolute atomic E-state index is 0.00898. The lowest BCUT2D eigenvalue weighted by molar-refractivity contribution is -0.192. The smallest absolute Gasteiger partial charge is 0.426 e. The Morgan fingerprint density at radius 3 is 2.05 bits per heavy atom. The highest BCUT2D eigenvalue weighted by Gasteiger charge is 2.41. The number of carbonyl (C=O) groups excluding carboxylic acids is 14. The van der Waals surface area contributed by atoms with Gasteiger partial charge in [-0.15, -0.1) is 11.3 Å². The van der Waals surface area contributed by atoms with Crippen molar-refractivity contribution < 1.29 is 116 Å². The van der Waals surface area contributed by atoms with Gasteiger partial charge >= 0.3 is 42.1 Å². The van der Waals surface area contributed by atoms with Crippen molar-refractivity contribution in [2.75, 3.05) is 56.0 Å². The molecule has 132 heavy (non-hydrogen) atoms. The number of nitrogens with two attached hydrogens (primary N) is 3. The number of likely N-dealkylation sites (N-methyl/N-ethyl adjacent to an activating group) is 1. The van der Waals surface area contributed by atoms with Crippen LogP contribution in [0.2, 0.25) is 0 Å². The van der Waals surface area contributed by atoms with E-state index in [1.807, 2.05) is 60.7 Å². The summed E-state index contributed by atoms with van der Waals surface area (Å²) in [6, 6.07) is 7.30. The highest BCUT2D eigenvalue weighted by Crippen LogP contribution is 2.35. The van der Waals surface area contributed by atoms with Gasteiger partial charge in [-0.05, 0) is 126 Å². The molecule has 43 nitrogen and oxygen atoms in total. The van der Waals surface area contributed by atoms with Gasteiger partial charge < -0.3 is 83.3 Å². The van der Waals surface area contributed by atoms with Crippen LogP contribution in [-0.4, -0.2) is 237 Å². The summed E-state index contributed by atoms with van der Waals surface area (Å²) in [4.78, 5) is 248. The van der Waals surface area contributed by atoms with Gasteiger partial charge in [0.05, 0.1) is 48.9 Å². The van der Waals surface area contributed by atoms with Crippen molar-refractivity contribution in [3.63, 3.8) is 0 Å². The number of esters is 2. The number of thiazole rings is 1. The van der Waals surface area contributed by atoms with Crippen molar-refractivity contribution in [1.29, 1.82) is 0 Å². The fourth-order valence-corrected chi connectivity index (χ4v) is 16.4. The summed E-state index contributed by atoms with van der Waals surface area (Å²) in [5.74, 6) is -14.5.